The number of nitrogens with zero attached hydrogens (tertiary/aromatic N) is 4. The number of H-pyrrole nitrogens is 1. The Hall–Kier alpha value is -2.30. The number of benzene rings is 1. The lowest BCUT2D eigenvalue weighted by molar-refractivity contribution is 0.0729. The Bertz CT molecular complexity index is 1080. The van der Waals surface area contributed by atoms with Crippen LogP contribution in [0.2, 0.25) is 0 Å². The van der Waals surface area contributed by atoms with E-state index in [0.29, 0.717) is 35.6 Å². The fourth-order valence-electron chi connectivity index (χ4n) is 3.18. The lowest BCUT2D eigenvalue weighted by Gasteiger charge is -2.25. The Balaban J connectivity index is 1.90. The smallest absolute Gasteiger partial charge is 0.258 e. The van der Waals surface area contributed by atoms with Crippen molar-refractivity contribution in [1.82, 2.24) is 24.1 Å². The van der Waals surface area contributed by atoms with Gasteiger partial charge >= 0.3 is 0 Å². The van der Waals surface area contributed by atoms with Crippen molar-refractivity contribution in [2.45, 2.75) is 11.9 Å². The zero-order valence-electron chi connectivity index (χ0n) is 14.4. The Labute approximate surface area is 149 Å². The SMILES string of the molecule is Cc1cc(F)c2[nH]c(S(=O)(=O)N3CCOCC3)cc2c1-c1ncn(C)n1. The molecule has 1 aliphatic rings. The number of ether oxygens (including phenoxy) is 1. The first-order chi connectivity index (χ1) is 12.4. The number of hydrogen-bond acceptors (Lipinski definition) is 5. The molecule has 0 aliphatic carbocycles. The predicted molar refractivity (Wildman–Crippen MR) is 92.6 cm³/mol. The predicted octanol–water partition coefficient (Wildman–Crippen LogP) is 1.43. The van der Waals surface area contributed by atoms with Crippen LogP contribution in [0, 0.1) is 12.7 Å². The topological polar surface area (TPSA) is 93.1 Å². The summed E-state index contributed by atoms with van der Waals surface area (Å²) < 4.78 is 48.3. The number of sulfonamides is 1. The molecule has 1 saturated heterocycles. The van der Waals surface area contributed by atoms with Crippen LogP contribution in [-0.2, 0) is 21.8 Å². The number of hydrogen-bond donors (Lipinski definition) is 1. The molecule has 3 heterocycles. The van der Waals surface area contributed by atoms with Gasteiger partial charge in [-0.25, -0.2) is 17.8 Å². The molecule has 4 rings (SSSR count). The van der Waals surface area contributed by atoms with E-state index in [0.717, 1.165) is 0 Å². The molecular weight excluding hydrogens is 361 g/mol. The lowest BCUT2D eigenvalue weighted by atomic mass is 10.0. The molecule has 0 unspecified atom stereocenters. The van der Waals surface area contributed by atoms with E-state index in [9.17, 15) is 12.8 Å². The van der Waals surface area contributed by atoms with Crippen molar-refractivity contribution in [2.75, 3.05) is 26.3 Å². The van der Waals surface area contributed by atoms with Crippen LogP contribution in [0.3, 0.4) is 0 Å². The van der Waals surface area contributed by atoms with Gasteiger partial charge < -0.3 is 9.72 Å². The standard InChI is InChI=1S/C16H18FN5O3S/c1-10-7-12(17)15-11(14(10)16-18-9-21(2)20-16)8-13(19-15)26(23,24)22-3-5-25-6-4-22/h7-9,19H,3-6H2,1-2H3. The van der Waals surface area contributed by atoms with Gasteiger partial charge in [-0.3, -0.25) is 4.68 Å². The van der Waals surface area contributed by atoms with Crippen molar-refractivity contribution < 1.29 is 17.5 Å². The van der Waals surface area contributed by atoms with E-state index in [-0.39, 0.29) is 23.6 Å². The molecule has 0 bridgehead atoms. The van der Waals surface area contributed by atoms with E-state index in [1.165, 1.54) is 16.4 Å². The van der Waals surface area contributed by atoms with Crippen LogP contribution in [0.5, 0.6) is 0 Å². The van der Waals surface area contributed by atoms with E-state index in [4.69, 9.17) is 4.74 Å². The highest BCUT2D eigenvalue weighted by atomic mass is 32.2. The highest BCUT2D eigenvalue weighted by Crippen LogP contribution is 2.34. The minimum atomic E-state index is -3.76. The summed E-state index contributed by atoms with van der Waals surface area (Å²) in [5.41, 5.74) is 1.38. The second-order valence-corrected chi connectivity index (χ2v) is 8.14. The first-order valence-electron chi connectivity index (χ1n) is 8.13. The van der Waals surface area contributed by atoms with Crippen molar-refractivity contribution >= 4 is 20.9 Å². The van der Waals surface area contributed by atoms with E-state index < -0.39 is 15.8 Å². The van der Waals surface area contributed by atoms with E-state index in [2.05, 4.69) is 15.1 Å². The summed E-state index contributed by atoms with van der Waals surface area (Å²) in [6.07, 6.45) is 1.54. The van der Waals surface area contributed by atoms with Gasteiger partial charge in [-0.15, -0.1) is 0 Å². The summed E-state index contributed by atoms with van der Waals surface area (Å²) >= 11 is 0. The molecule has 26 heavy (non-hydrogen) atoms. The molecule has 0 amide bonds. The summed E-state index contributed by atoms with van der Waals surface area (Å²) in [6.45, 7) is 2.98. The Morgan fingerprint density at radius 1 is 1.27 bits per heavy atom. The molecule has 3 aromatic rings. The van der Waals surface area contributed by atoms with Crippen LogP contribution < -0.4 is 0 Å². The zero-order valence-corrected chi connectivity index (χ0v) is 15.2. The average Bonchev–Trinajstić information content (AvgIpc) is 3.23. The fraction of sp³-hybridized carbons (Fsp3) is 0.375. The quantitative estimate of drug-likeness (QED) is 0.743. The molecule has 1 N–H and O–H groups in total. The van der Waals surface area contributed by atoms with Crippen molar-refractivity contribution in [1.29, 1.82) is 0 Å². The number of halogens is 1. The molecule has 2 aromatic heterocycles. The summed E-state index contributed by atoms with van der Waals surface area (Å²) in [4.78, 5) is 6.96. The van der Waals surface area contributed by atoms with Crippen molar-refractivity contribution in [3.63, 3.8) is 0 Å². The van der Waals surface area contributed by atoms with Gasteiger partial charge in [0.05, 0.1) is 18.7 Å². The molecule has 0 radical (unpaired) electrons. The third kappa shape index (κ3) is 2.70. The average molecular weight is 379 g/mol. The lowest BCUT2D eigenvalue weighted by Crippen LogP contribution is -2.40. The van der Waals surface area contributed by atoms with Crippen molar-refractivity contribution in [3.05, 3.63) is 29.8 Å². The van der Waals surface area contributed by atoms with E-state index >= 15 is 0 Å². The number of morpholine rings is 1. The molecular formula is C16H18FN5O3S. The first kappa shape index (κ1) is 17.1. The summed E-state index contributed by atoms with van der Waals surface area (Å²) in [5.74, 6) is -0.0927. The second kappa shape index (κ2) is 6.15. The van der Waals surface area contributed by atoms with Gasteiger partial charge in [0, 0.05) is 31.1 Å². The number of aromatic nitrogens is 4. The molecule has 10 heteroatoms. The van der Waals surface area contributed by atoms with Gasteiger partial charge in [0.15, 0.2) is 5.82 Å². The Kier molecular flexibility index (Phi) is 4.05. The third-order valence-electron chi connectivity index (χ3n) is 4.45. The van der Waals surface area contributed by atoms with Gasteiger partial charge in [0.2, 0.25) is 0 Å². The molecule has 1 fully saturated rings. The summed E-state index contributed by atoms with van der Waals surface area (Å²) in [5, 5.41) is 4.68. The van der Waals surface area contributed by atoms with E-state index in [1.807, 2.05) is 0 Å². The van der Waals surface area contributed by atoms with Crippen LogP contribution >= 0.6 is 0 Å². The maximum absolute atomic E-state index is 14.5. The molecule has 138 valence electrons. The normalized spacial score (nSPS) is 16.4. The molecule has 1 aliphatic heterocycles. The highest BCUT2D eigenvalue weighted by Gasteiger charge is 2.29. The number of fused-ring (bicyclic) bond motifs is 1. The van der Waals surface area contributed by atoms with E-state index in [1.54, 1.807) is 25.0 Å². The van der Waals surface area contributed by atoms with Gasteiger partial charge in [-0.1, -0.05) is 0 Å². The number of aryl methyl sites for hydroxylation is 2. The van der Waals surface area contributed by atoms with Crippen molar-refractivity contribution in [3.8, 4) is 11.4 Å². The summed E-state index contributed by atoms with van der Waals surface area (Å²) in [6, 6.07) is 2.82. The molecule has 0 saturated carbocycles. The van der Waals surface area contributed by atoms with Crippen LogP contribution in [-0.4, -0.2) is 58.8 Å². The largest absolute Gasteiger partial charge is 0.379 e. The van der Waals surface area contributed by atoms with Gasteiger partial charge in [-0.05, 0) is 24.6 Å². The minimum Gasteiger partial charge on any atom is -0.379 e. The van der Waals surface area contributed by atoms with Crippen LogP contribution in [0.25, 0.3) is 22.3 Å². The van der Waals surface area contributed by atoms with Crippen molar-refractivity contribution in [2.24, 2.45) is 7.05 Å². The Morgan fingerprint density at radius 3 is 2.65 bits per heavy atom. The maximum atomic E-state index is 14.5. The van der Waals surface area contributed by atoms with Gasteiger partial charge in [0.25, 0.3) is 10.0 Å². The third-order valence-corrected chi connectivity index (χ3v) is 6.27. The minimum absolute atomic E-state index is 0.0453. The number of aromatic amines is 1. The summed E-state index contributed by atoms with van der Waals surface area (Å²) in [7, 11) is -2.03. The zero-order chi connectivity index (χ0) is 18.5. The highest BCUT2D eigenvalue weighted by molar-refractivity contribution is 7.89. The second-order valence-electron chi connectivity index (χ2n) is 6.23. The Morgan fingerprint density at radius 2 is 2.00 bits per heavy atom. The molecule has 1 aromatic carbocycles. The van der Waals surface area contributed by atoms with Gasteiger partial charge in [-0.2, -0.15) is 9.40 Å². The van der Waals surface area contributed by atoms with Crippen LogP contribution in [0.1, 0.15) is 5.56 Å². The monoisotopic (exact) mass is 379 g/mol. The molecule has 8 nitrogen and oxygen atoms in total. The number of rotatable bonds is 3. The van der Waals surface area contributed by atoms with Gasteiger partial charge in [0.1, 0.15) is 17.2 Å². The number of nitrogens with one attached hydrogen (secondary N) is 1. The van der Waals surface area contributed by atoms with Crippen LogP contribution in [0.15, 0.2) is 23.5 Å². The molecule has 0 spiro atoms. The molecule has 0 atom stereocenters. The first-order valence-corrected chi connectivity index (χ1v) is 9.57. The maximum Gasteiger partial charge on any atom is 0.258 e. The van der Waals surface area contributed by atoms with Crippen LogP contribution in [0.4, 0.5) is 4.39 Å². The fourth-order valence-corrected chi connectivity index (χ4v) is 4.58.